The number of rotatable bonds is 4. The molecular formula is C18H23N5O3. The summed E-state index contributed by atoms with van der Waals surface area (Å²) in [5.74, 6) is 1.56. The summed E-state index contributed by atoms with van der Waals surface area (Å²) in [6.45, 7) is 2.87. The summed E-state index contributed by atoms with van der Waals surface area (Å²) in [7, 11) is 0. The third kappa shape index (κ3) is 3.85. The number of aromatic nitrogens is 4. The summed E-state index contributed by atoms with van der Waals surface area (Å²) in [6, 6.07) is 5.48. The number of ether oxygens (including phenoxy) is 2. The predicted octanol–water partition coefficient (Wildman–Crippen LogP) is 1.46. The summed E-state index contributed by atoms with van der Waals surface area (Å²) in [4.78, 5) is 14.5. The molecule has 0 unspecified atom stereocenters. The first kappa shape index (κ1) is 17.0. The van der Waals surface area contributed by atoms with Crippen LogP contribution in [0.5, 0.6) is 5.88 Å². The Morgan fingerprint density at radius 2 is 1.92 bits per heavy atom. The van der Waals surface area contributed by atoms with Gasteiger partial charge in [-0.3, -0.25) is 4.79 Å². The van der Waals surface area contributed by atoms with Gasteiger partial charge >= 0.3 is 0 Å². The molecule has 138 valence electrons. The SMILES string of the molecule is O=C(C1CCOCC1)N1CCC(Oc2ccc(-n3cccn3)nn2)CC1. The van der Waals surface area contributed by atoms with E-state index in [2.05, 4.69) is 15.3 Å². The van der Waals surface area contributed by atoms with Crippen molar-refractivity contribution in [2.45, 2.75) is 31.8 Å². The molecule has 0 N–H and O–H groups in total. The number of nitrogens with zero attached hydrogens (tertiary/aromatic N) is 5. The van der Waals surface area contributed by atoms with Crippen LogP contribution in [0.2, 0.25) is 0 Å². The lowest BCUT2D eigenvalue weighted by molar-refractivity contribution is -0.140. The van der Waals surface area contributed by atoms with E-state index in [1.54, 1.807) is 10.9 Å². The Kier molecular flexibility index (Phi) is 5.10. The van der Waals surface area contributed by atoms with Crippen LogP contribution in [0, 0.1) is 5.92 Å². The highest BCUT2D eigenvalue weighted by Gasteiger charge is 2.30. The van der Waals surface area contributed by atoms with Crippen LogP contribution >= 0.6 is 0 Å². The molecule has 4 heterocycles. The fourth-order valence-corrected chi connectivity index (χ4v) is 3.47. The Morgan fingerprint density at radius 1 is 1.12 bits per heavy atom. The first-order valence-electron chi connectivity index (χ1n) is 9.16. The third-order valence-corrected chi connectivity index (χ3v) is 4.98. The molecule has 2 aromatic heterocycles. The molecule has 8 heteroatoms. The highest BCUT2D eigenvalue weighted by Crippen LogP contribution is 2.22. The van der Waals surface area contributed by atoms with E-state index < -0.39 is 0 Å². The number of carbonyl (C=O) groups excluding carboxylic acids is 1. The van der Waals surface area contributed by atoms with Crippen molar-refractivity contribution >= 4 is 5.91 Å². The van der Waals surface area contributed by atoms with Gasteiger partial charge in [0, 0.05) is 63.5 Å². The van der Waals surface area contributed by atoms with Crippen molar-refractivity contribution in [3.8, 4) is 11.7 Å². The lowest BCUT2D eigenvalue weighted by Crippen LogP contribution is -2.45. The minimum Gasteiger partial charge on any atom is -0.473 e. The third-order valence-electron chi connectivity index (χ3n) is 4.98. The quantitative estimate of drug-likeness (QED) is 0.824. The Labute approximate surface area is 152 Å². The summed E-state index contributed by atoms with van der Waals surface area (Å²) >= 11 is 0. The zero-order valence-electron chi connectivity index (χ0n) is 14.7. The first-order valence-corrected chi connectivity index (χ1v) is 9.16. The van der Waals surface area contributed by atoms with Gasteiger partial charge in [0.05, 0.1) is 0 Å². The van der Waals surface area contributed by atoms with Gasteiger partial charge in [0.1, 0.15) is 6.10 Å². The molecule has 26 heavy (non-hydrogen) atoms. The van der Waals surface area contributed by atoms with E-state index in [0.717, 1.165) is 38.8 Å². The van der Waals surface area contributed by atoms with Crippen LogP contribution in [0.4, 0.5) is 0 Å². The molecule has 8 nitrogen and oxygen atoms in total. The van der Waals surface area contributed by atoms with Crippen molar-refractivity contribution in [3.05, 3.63) is 30.6 Å². The molecule has 2 aromatic rings. The van der Waals surface area contributed by atoms with Gasteiger partial charge in [-0.05, 0) is 25.0 Å². The number of amides is 1. The highest BCUT2D eigenvalue weighted by atomic mass is 16.5. The molecule has 2 aliphatic heterocycles. The first-order chi connectivity index (χ1) is 12.8. The maximum Gasteiger partial charge on any atom is 0.233 e. The van der Waals surface area contributed by atoms with E-state index in [1.807, 2.05) is 29.3 Å². The molecule has 0 aromatic carbocycles. The molecule has 0 atom stereocenters. The topological polar surface area (TPSA) is 82.4 Å². The van der Waals surface area contributed by atoms with Crippen molar-refractivity contribution in [2.75, 3.05) is 26.3 Å². The van der Waals surface area contributed by atoms with Crippen molar-refractivity contribution in [1.29, 1.82) is 0 Å². The fourth-order valence-electron chi connectivity index (χ4n) is 3.47. The van der Waals surface area contributed by atoms with Gasteiger partial charge in [0.25, 0.3) is 0 Å². The maximum absolute atomic E-state index is 12.6. The van der Waals surface area contributed by atoms with Gasteiger partial charge in [-0.1, -0.05) is 0 Å². The Hall–Kier alpha value is -2.48. The van der Waals surface area contributed by atoms with Gasteiger partial charge in [0.15, 0.2) is 5.82 Å². The Balaban J connectivity index is 1.27. The molecule has 0 saturated carbocycles. The molecule has 2 aliphatic rings. The largest absolute Gasteiger partial charge is 0.473 e. The van der Waals surface area contributed by atoms with Crippen molar-refractivity contribution in [1.82, 2.24) is 24.9 Å². The van der Waals surface area contributed by atoms with Crippen molar-refractivity contribution in [2.24, 2.45) is 5.92 Å². The molecule has 0 aliphatic carbocycles. The van der Waals surface area contributed by atoms with Crippen LogP contribution in [0.3, 0.4) is 0 Å². The van der Waals surface area contributed by atoms with Crippen LogP contribution in [-0.2, 0) is 9.53 Å². The van der Waals surface area contributed by atoms with Gasteiger partial charge in [-0.25, -0.2) is 4.68 Å². The lowest BCUT2D eigenvalue weighted by Gasteiger charge is -2.35. The molecule has 0 bridgehead atoms. The normalized spacial score (nSPS) is 19.5. The number of piperidine rings is 1. The molecule has 0 spiro atoms. The Bertz CT molecular complexity index is 705. The van der Waals surface area contributed by atoms with E-state index >= 15 is 0 Å². The van der Waals surface area contributed by atoms with Crippen LogP contribution in [0.25, 0.3) is 5.82 Å². The van der Waals surface area contributed by atoms with E-state index in [0.29, 0.717) is 24.9 Å². The molecular weight excluding hydrogens is 334 g/mol. The average Bonchev–Trinajstić information content (AvgIpc) is 3.24. The van der Waals surface area contributed by atoms with Crippen LogP contribution in [-0.4, -0.2) is 63.2 Å². The number of likely N-dealkylation sites (tertiary alicyclic amines) is 1. The van der Waals surface area contributed by atoms with Gasteiger partial charge in [-0.2, -0.15) is 5.10 Å². The van der Waals surface area contributed by atoms with Crippen LogP contribution < -0.4 is 4.74 Å². The van der Waals surface area contributed by atoms with Crippen molar-refractivity contribution < 1.29 is 14.3 Å². The van der Waals surface area contributed by atoms with Gasteiger partial charge in [-0.15, -0.1) is 10.2 Å². The summed E-state index contributed by atoms with van der Waals surface area (Å²) in [6.07, 6.45) is 6.89. The standard InChI is InChI=1S/C18H23N5O3/c24-18(14-6-12-25-13-7-14)22-10-4-15(5-11-22)26-17-3-2-16(20-21-17)23-9-1-8-19-23/h1-3,8-9,14-15H,4-7,10-13H2. The molecule has 1 amide bonds. The van der Waals surface area contributed by atoms with Gasteiger partial charge in [0.2, 0.25) is 11.8 Å². The second-order valence-electron chi connectivity index (χ2n) is 6.71. The average molecular weight is 357 g/mol. The number of hydrogen-bond acceptors (Lipinski definition) is 6. The minimum atomic E-state index is 0.0681. The van der Waals surface area contributed by atoms with Crippen LogP contribution in [0.15, 0.2) is 30.6 Å². The van der Waals surface area contributed by atoms with E-state index in [-0.39, 0.29) is 17.9 Å². The maximum atomic E-state index is 12.6. The second kappa shape index (κ2) is 7.82. The van der Waals surface area contributed by atoms with Gasteiger partial charge < -0.3 is 14.4 Å². The number of carbonyl (C=O) groups is 1. The summed E-state index contributed by atoms with van der Waals surface area (Å²) in [5.41, 5.74) is 0. The highest BCUT2D eigenvalue weighted by molar-refractivity contribution is 5.79. The monoisotopic (exact) mass is 357 g/mol. The predicted molar refractivity (Wildman–Crippen MR) is 92.9 cm³/mol. The fraction of sp³-hybridized carbons (Fsp3) is 0.556. The Morgan fingerprint density at radius 3 is 2.58 bits per heavy atom. The zero-order chi connectivity index (χ0) is 17.8. The summed E-state index contributed by atoms with van der Waals surface area (Å²) < 4.78 is 12.9. The van der Waals surface area contributed by atoms with Crippen LogP contribution in [0.1, 0.15) is 25.7 Å². The lowest BCUT2D eigenvalue weighted by atomic mass is 9.97. The molecule has 0 radical (unpaired) electrons. The molecule has 4 rings (SSSR count). The van der Waals surface area contributed by atoms with E-state index in [1.165, 1.54) is 0 Å². The smallest absolute Gasteiger partial charge is 0.233 e. The minimum absolute atomic E-state index is 0.0681. The van der Waals surface area contributed by atoms with E-state index in [9.17, 15) is 4.79 Å². The summed E-state index contributed by atoms with van der Waals surface area (Å²) in [5, 5.41) is 12.4. The number of hydrogen-bond donors (Lipinski definition) is 0. The molecule has 2 saturated heterocycles. The second-order valence-corrected chi connectivity index (χ2v) is 6.71. The van der Waals surface area contributed by atoms with E-state index in [4.69, 9.17) is 9.47 Å². The van der Waals surface area contributed by atoms with Crippen molar-refractivity contribution in [3.63, 3.8) is 0 Å². The zero-order valence-corrected chi connectivity index (χ0v) is 14.7. The molecule has 2 fully saturated rings.